The summed E-state index contributed by atoms with van der Waals surface area (Å²) in [6.07, 6.45) is 3.69. The maximum Gasteiger partial charge on any atom is 0.226 e. The SMILES string of the molecule is O=C1CCN(Cc2ccc(-n3cncn3)cc2)c2ccccc2N1. The lowest BCUT2D eigenvalue weighted by molar-refractivity contribution is -0.115. The quantitative estimate of drug-likeness (QED) is 0.806. The Kier molecular flexibility index (Phi) is 3.70. The molecule has 1 aliphatic rings. The predicted molar refractivity (Wildman–Crippen MR) is 92.1 cm³/mol. The second-order valence-electron chi connectivity index (χ2n) is 5.74. The van der Waals surface area contributed by atoms with Gasteiger partial charge in [0.25, 0.3) is 0 Å². The molecule has 0 saturated heterocycles. The maximum atomic E-state index is 11.9. The van der Waals surface area contributed by atoms with Gasteiger partial charge >= 0.3 is 0 Å². The summed E-state index contributed by atoms with van der Waals surface area (Å²) >= 11 is 0. The van der Waals surface area contributed by atoms with Crippen LogP contribution in [0.5, 0.6) is 0 Å². The van der Waals surface area contributed by atoms with E-state index in [1.54, 1.807) is 11.0 Å². The first-order valence-corrected chi connectivity index (χ1v) is 7.87. The zero-order chi connectivity index (χ0) is 16.4. The smallest absolute Gasteiger partial charge is 0.226 e. The van der Waals surface area contributed by atoms with E-state index in [1.807, 2.05) is 36.4 Å². The molecule has 3 aromatic rings. The molecule has 0 aliphatic carbocycles. The number of para-hydroxylation sites is 2. The van der Waals surface area contributed by atoms with Crippen LogP contribution in [0.25, 0.3) is 5.69 Å². The number of fused-ring (bicyclic) bond motifs is 1. The third-order valence-corrected chi connectivity index (χ3v) is 4.12. The molecule has 0 atom stereocenters. The highest BCUT2D eigenvalue weighted by molar-refractivity contribution is 5.96. The molecular formula is C18H17N5O. The topological polar surface area (TPSA) is 63.1 Å². The lowest BCUT2D eigenvalue weighted by Crippen LogP contribution is -2.24. The van der Waals surface area contributed by atoms with E-state index in [4.69, 9.17) is 0 Å². The molecule has 1 aromatic heterocycles. The molecule has 24 heavy (non-hydrogen) atoms. The van der Waals surface area contributed by atoms with Crippen molar-refractivity contribution >= 4 is 17.3 Å². The lowest BCUT2D eigenvalue weighted by atomic mass is 10.1. The minimum Gasteiger partial charge on any atom is -0.365 e. The number of benzene rings is 2. The van der Waals surface area contributed by atoms with Crippen molar-refractivity contribution in [3.8, 4) is 5.69 Å². The summed E-state index contributed by atoms with van der Waals surface area (Å²) in [7, 11) is 0. The molecule has 0 fully saturated rings. The van der Waals surface area contributed by atoms with Gasteiger partial charge in [-0.2, -0.15) is 5.10 Å². The van der Waals surface area contributed by atoms with Crippen LogP contribution >= 0.6 is 0 Å². The number of nitrogens with one attached hydrogen (secondary N) is 1. The Labute approximate surface area is 139 Å². The van der Waals surface area contributed by atoms with Gasteiger partial charge in [-0.05, 0) is 29.8 Å². The third kappa shape index (κ3) is 2.86. The van der Waals surface area contributed by atoms with Crippen molar-refractivity contribution in [2.24, 2.45) is 0 Å². The van der Waals surface area contributed by atoms with E-state index in [0.29, 0.717) is 13.0 Å². The van der Waals surface area contributed by atoms with Crippen molar-refractivity contribution in [2.75, 3.05) is 16.8 Å². The number of aromatic nitrogens is 3. The highest BCUT2D eigenvalue weighted by Crippen LogP contribution is 2.29. The van der Waals surface area contributed by atoms with Crippen LogP contribution in [0.3, 0.4) is 0 Å². The molecule has 1 N–H and O–H groups in total. The van der Waals surface area contributed by atoms with Crippen molar-refractivity contribution in [3.05, 3.63) is 66.7 Å². The van der Waals surface area contributed by atoms with Gasteiger partial charge in [-0.15, -0.1) is 0 Å². The Morgan fingerprint density at radius 1 is 1.08 bits per heavy atom. The van der Waals surface area contributed by atoms with Crippen LogP contribution in [0.15, 0.2) is 61.2 Å². The average molecular weight is 319 g/mol. The fourth-order valence-electron chi connectivity index (χ4n) is 2.91. The fourth-order valence-corrected chi connectivity index (χ4v) is 2.91. The van der Waals surface area contributed by atoms with E-state index in [9.17, 15) is 4.79 Å². The normalized spacial score (nSPS) is 14.0. The Balaban J connectivity index is 1.57. The van der Waals surface area contributed by atoms with E-state index in [1.165, 1.54) is 11.9 Å². The summed E-state index contributed by atoms with van der Waals surface area (Å²) in [5.74, 6) is 0.0616. The van der Waals surface area contributed by atoms with Gasteiger partial charge in [0.1, 0.15) is 12.7 Å². The summed E-state index contributed by atoms with van der Waals surface area (Å²) in [6, 6.07) is 16.1. The largest absolute Gasteiger partial charge is 0.365 e. The molecule has 2 aromatic carbocycles. The second-order valence-corrected chi connectivity index (χ2v) is 5.74. The van der Waals surface area contributed by atoms with Crippen molar-refractivity contribution in [1.29, 1.82) is 0 Å². The van der Waals surface area contributed by atoms with Gasteiger partial charge < -0.3 is 10.2 Å². The number of nitrogens with zero attached hydrogens (tertiary/aromatic N) is 4. The summed E-state index contributed by atoms with van der Waals surface area (Å²) in [5, 5.41) is 7.10. The minimum atomic E-state index is 0.0616. The van der Waals surface area contributed by atoms with E-state index in [-0.39, 0.29) is 5.91 Å². The monoisotopic (exact) mass is 319 g/mol. The Morgan fingerprint density at radius 3 is 2.71 bits per heavy atom. The first-order valence-electron chi connectivity index (χ1n) is 7.87. The molecule has 0 bridgehead atoms. The highest BCUT2D eigenvalue weighted by atomic mass is 16.1. The van der Waals surface area contributed by atoms with Gasteiger partial charge in [0.05, 0.1) is 17.1 Å². The summed E-state index contributed by atoms with van der Waals surface area (Å²) in [5.41, 5.74) is 4.09. The van der Waals surface area contributed by atoms with Crippen LogP contribution < -0.4 is 10.2 Å². The average Bonchev–Trinajstić information content (AvgIpc) is 3.09. The molecular weight excluding hydrogens is 302 g/mol. The van der Waals surface area contributed by atoms with E-state index >= 15 is 0 Å². The summed E-state index contributed by atoms with van der Waals surface area (Å²) in [6.45, 7) is 1.46. The molecule has 6 heteroatoms. The summed E-state index contributed by atoms with van der Waals surface area (Å²) < 4.78 is 1.73. The van der Waals surface area contributed by atoms with Gasteiger partial charge in [-0.25, -0.2) is 9.67 Å². The van der Waals surface area contributed by atoms with Gasteiger partial charge in [0.15, 0.2) is 0 Å². The molecule has 1 amide bonds. The molecule has 6 nitrogen and oxygen atoms in total. The molecule has 2 heterocycles. The molecule has 0 unspecified atom stereocenters. The third-order valence-electron chi connectivity index (χ3n) is 4.12. The zero-order valence-electron chi connectivity index (χ0n) is 13.1. The van der Waals surface area contributed by atoms with Crippen LogP contribution in [0.2, 0.25) is 0 Å². The molecule has 0 saturated carbocycles. The van der Waals surface area contributed by atoms with E-state index < -0.39 is 0 Å². The van der Waals surface area contributed by atoms with Gasteiger partial charge in [-0.3, -0.25) is 4.79 Å². The van der Waals surface area contributed by atoms with Crippen molar-refractivity contribution in [1.82, 2.24) is 14.8 Å². The number of amides is 1. The standard InChI is InChI=1S/C18H17N5O/c24-18-9-10-22(17-4-2-1-3-16(17)21-18)11-14-5-7-15(8-6-14)23-13-19-12-20-23/h1-8,12-13H,9-11H2,(H,21,24). The van der Waals surface area contributed by atoms with Crippen molar-refractivity contribution in [3.63, 3.8) is 0 Å². The Bertz CT molecular complexity index is 842. The number of hydrogen-bond donors (Lipinski definition) is 1. The van der Waals surface area contributed by atoms with Crippen LogP contribution in [0, 0.1) is 0 Å². The predicted octanol–water partition coefficient (Wildman–Crippen LogP) is 2.62. The number of rotatable bonds is 3. The molecule has 0 spiro atoms. The highest BCUT2D eigenvalue weighted by Gasteiger charge is 2.18. The maximum absolute atomic E-state index is 11.9. The second kappa shape index (κ2) is 6.16. The van der Waals surface area contributed by atoms with Gasteiger partial charge in [0.2, 0.25) is 5.91 Å². The Morgan fingerprint density at radius 2 is 1.92 bits per heavy atom. The van der Waals surface area contributed by atoms with Crippen LogP contribution in [0.4, 0.5) is 11.4 Å². The molecule has 0 radical (unpaired) electrons. The fraction of sp³-hybridized carbons (Fsp3) is 0.167. The molecule has 4 rings (SSSR count). The lowest BCUT2D eigenvalue weighted by Gasteiger charge is -2.24. The first kappa shape index (κ1) is 14.4. The van der Waals surface area contributed by atoms with Crippen LogP contribution in [-0.4, -0.2) is 27.2 Å². The zero-order valence-corrected chi connectivity index (χ0v) is 13.1. The number of anilines is 2. The summed E-state index contributed by atoms with van der Waals surface area (Å²) in [4.78, 5) is 18.1. The number of carbonyl (C=O) groups excluding carboxylic acids is 1. The first-order chi connectivity index (χ1) is 11.8. The van der Waals surface area contributed by atoms with Crippen LogP contribution in [0.1, 0.15) is 12.0 Å². The van der Waals surface area contributed by atoms with Crippen molar-refractivity contribution < 1.29 is 4.79 Å². The Hall–Kier alpha value is -3.15. The van der Waals surface area contributed by atoms with Gasteiger partial charge in [0, 0.05) is 19.5 Å². The van der Waals surface area contributed by atoms with E-state index in [0.717, 1.165) is 23.6 Å². The van der Waals surface area contributed by atoms with Crippen molar-refractivity contribution in [2.45, 2.75) is 13.0 Å². The van der Waals surface area contributed by atoms with Crippen LogP contribution in [-0.2, 0) is 11.3 Å². The molecule has 1 aliphatic heterocycles. The molecule has 120 valence electrons. The van der Waals surface area contributed by atoms with E-state index in [2.05, 4.69) is 32.4 Å². The van der Waals surface area contributed by atoms with Gasteiger partial charge in [-0.1, -0.05) is 24.3 Å². The minimum absolute atomic E-state index is 0.0616. The number of hydrogen-bond acceptors (Lipinski definition) is 4. The number of carbonyl (C=O) groups is 1.